The summed E-state index contributed by atoms with van der Waals surface area (Å²) >= 11 is 3.40. The molecule has 0 radical (unpaired) electrons. The van der Waals surface area contributed by atoms with E-state index in [1.165, 1.54) is 0 Å². The molecule has 0 aliphatic carbocycles. The highest BCUT2D eigenvalue weighted by atomic mass is 79.9. The van der Waals surface area contributed by atoms with Crippen LogP contribution in [0.1, 0.15) is 16.1 Å². The fraction of sp³-hybridized carbons (Fsp3) is 0.111. The first-order valence-electron chi connectivity index (χ1n) is 7.23. The molecule has 5 heteroatoms. The number of hydrogen-bond donors (Lipinski definition) is 1. The van der Waals surface area contributed by atoms with Crippen molar-refractivity contribution in [2.24, 2.45) is 7.05 Å². The molecule has 1 aromatic carbocycles. The molecule has 116 valence electrons. The summed E-state index contributed by atoms with van der Waals surface area (Å²) in [5, 5.41) is 2.95. The van der Waals surface area contributed by atoms with Crippen LogP contribution in [-0.2, 0) is 13.6 Å². The topological polar surface area (TPSA) is 46.9 Å². The molecule has 0 saturated heterocycles. The van der Waals surface area contributed by atoms with E-state index >= 15 is 0 Å². The fourth-order valence-electron chi connectivity index (χ4n) is 2.37. The van der Waals surface area contributed by atoms with Gasteiger partial charge in [-0.15, -0.1) is 0 Å². The van der Waals surface area contributed by atoms with Crippen LogP contribution < -0.4 is 5.32 Å². The van der Waals surface area contributed by atoms with E-state index in [0.717, 1.165) is 21.2 Å². The Morgan fingerprint density at radius 1 is 1.13 bits per heavy atom. The van der Waals surface area contributed by atoms with Crippen LogP contribution in [0.2, 0.25) is 0 Å². The minimum absolute atomic E-state index is 0.0873. The van der Waals surface area contributed by atoms with Crippen molar-refractivity contribution in [3.63, 3.8) is 0 Å². The van der Waals surface area contributed by atoms with Crippen molar-refractivity contribution in [2.45, 2.75) is 6.54 Å². The Morgan fingerprint density at radius 2 is 1.83 bits per heavy atom. The van der Waals surface area contributed by atoms with Crippen LogP contribution in [0.5, 0.6) is 0 Å². The number of pyridine rings is 1. The first-order valence-corrected chi connectivity index (χ1v) is 8.02. The van der Waals surface area contributed by atoms with Gasteiger partial charge in [0.15, 0.2) is 0 Å². The lowest BCUT2D eigenvalue weighted by Crippen LogP contribution is -2.24. The Bertz CT molecular complexity index is 810. The molecule has 0 aliphatic heterocycles. The van der Waals surface area contributed by atoms with Gasteiger partial charge in [-0.05, 0) is 41.5 Å². The van der Waals surface area contributed by atoms with E-state index in [2.05, 4.69) is 26.2 Å². The van der Waals surface area contributed by atoms with Crippen LogP contribution in [0.3, 0.4) is 0 Å². The molecular formula is C18H16BrN3O. The van der Waals surface area contributed by atoms with Crippen LogP contribution >= 0.6 is 15.9 Å². The van der Waals surface area contributed by atoms with E-state index < -0.39 is 0 Å². The van der Waals surface area contributed by atoms with Crippen LogP contribution in [-0.4, -0.2) is 15.5 Å². The molecule has 0 aliphatic rings. The quantitative estimate of drug-likeness (QED) is 0.760. The van der Waals surface area contributed by atoms with Crippen molar-refractivity contribution in [2.75, 3.05) is 0 Å². The summed E-state index contributed by atoms with van der Waals surface area (Å²) in [6.07, 6.45) is 5.44. The Labute approximate surface area is 143 Å². The minimum atomic E-state index is -0.0873. The number of nitrogens with one attached hydrogen (secondary N) is 1. The number of benzene rings is 1. The monoisotopic (exact) mass is 369 g/mol. The zero-order valence-electron chi connectivity index (χ0n) is 12.7. The van der Waals surface area contributed by atoms with Crippen molar-refractivity contribution in [3.05, 3.63) is 76.8 Å². The van der Waals surface area contributed by atoms with Gasteiger partial charge in [-0.3, -0.25) is 9.78 Å². The molecular weight excluding hydrogens is 354 g/mol. The second-order valence-electron chi connectivity index (χ2n) is 5.27. The highest BCUT2D eigenvalue weighted by Crippen LogP contribution is 2.21. The molecule has 3 aromatic rings. The van der Waals surface area contributed by atoms with E-state index in [1.54, 1.807) is 12.4 Å². The standard InChI is InChI=1S/C18H16BrN3O/c1-22-12-15(14-6-8-20-9-7-14)10-17(22)18(23)21-11-13-2-4-16(19)5-3-13/h2-10,12H,11H2,1H3,(H,21,23). The van der Waals surface area contributed by atoms with E-state index in [1.807, 2.05) is 60.3 Å². The van der Waals surface area contributed by atoms with E-state index in [0.29, 0.717) is 12.2 Å². The predicted molar refractivity (Wildman–Crippen MR) is 94.0 cm³/mol. The Hall–Kier alpha value is -2.40. The van der Waals surface area contributed by atoms with Crippen LogP contribution in [0.4, 0.5) is 0 Å². The first-order chi connectivity index (χ1) is 11.1. The first kappa shape index (κ1) is 15.5. The van der Waals surface area contributed by atoms with Crippen molar-refractivity contribution in [3.8, 4) is 11.1 Å². The zero-order valence-corrected chi connectivity index (χ0v) is 14.2. The summed E-state index contributed by atoms with van der Waals surface area (Å²) in [6.45, 7) is 0.502. The third-order valence-corrected chi connectivity index (χ3v) is 4.15. The third-order valence-electron chi connectivity index (χ3n) is 3.62. The highest BCUT2D eigenvalue weighted by Gasteiger charge is 2.12. The summed E-state index contributed by atoms with van der Waals surface area (Å²) in [7, 11) is 1.87. The third kappa shape index (κ3) is 3.68. The molecule has 0 bridgehead atoms. The molecule has 2 aromatic heterocycles. The molecule has 0 atom stereocenters. The molecule has 0 saturated carbocycles. The molecule has 0 spiro atoms. The second kappa shape index (κ2) is 6.79. The minimum Gasteiger partial charge on any atom is -0.347 e. The number of carbonyl (C=O) groups excluding carboxylic acids is 1. The van der Waals surface area contributed by atoms with Gasteiger partial charge in [0.05, 0.1) is 0 Å². The van der Waals surface area contributed by atoms with Crippen LogP contribution in [0.25, 0.3) is 11.1 Å². The lowest BCUT2D eigenvalue weighted by molar-refractivity contribution is 0.0943. The SMILES string of the molecule is Cn1cc(-c2ccncc2)cc1C(=O)NCc1ccc(Br)cc1. The molecule has 1 N–H and O–H groups in total. The highest BCUT2D eigenvalue weighted by molar-refractivity contribution is 9.10. The maximum Gasteiger partial charge on any atom is 0.268 e. The molecule has 2 heterocycles. The molecule has 0 unspecified atom stereocenters. The van der Waals surface area contributed by atoms with Gasteiger partial charge < -0.3 is 9.88 Å². The summed E-state index contributed by atoms with van der Waals surface area (Å²) < 4.78 is 2.86. The Balaban J connectivity index is 1.72. The number of aromatic nitrogens is 2. The van der Waals surface area contributed by atoms with Crippen molar-refractivity contribution in [1.29, 1.82) is 0 Å². The Kier molecular flexibility index (Phi) is 4.57. The van der Waals surface area contributed by atoms with Gasteiger partial charge in [0.25, 0.3) is 5.91 Å². The molecule has 0 fully saturated rings. The predicted octanol–water partition coefficient (Wildman–Crippen LogP) is 3.78. The average Bonchev–Trinajstić information content (AvgIpc) is 2.97. The molecule has 4 nitrogen and oxygen atoms in total. The van der Waals surface area contributed by atoms with Crippen LogP contribution in [0, 0.1) is 0 Å². The molecule has 3 rings (SSSR count). The summed E-state index contributed by atoms with van der Waals surface area (Å²) in [5.74, 6) is -0.0873. The smallest absolute Gasteiger partial charge is 0.268 e. The Morgan fingerprint density at radius 3 is 2.52 bits per heavy atom. The van der Waals surface area contributed by atoms with Crippen LogP contribution in [0.15, 0.2) is 65.5 Å². The van der Waals surface area contributed by atoms with Gasteiger partial charge in [0.1, 0.15) is 5.69 Å². The number of carbonyl (C=O) groups is 1. The normalized spacial score (nSPS) is 10.5. The zero-order chi connectivity index (χ0) is 16.2. The van der Waals surface area contributed by atoms with Gasteiger partial charge in [-0.25, -0.2) is 0 Å². The fourth-order valence-corrected chi connectivity index (χ4v) is 2.63. The van der Waals surface area contributed by atoms with E-state index in [4.69, 9.17) is 0 Å². The van der Waals surface area contributed by atoms with E-state index in [-0.39, 0.29) is 5.91 Å². The van der Waals surface area contributed by atoms with Crippen molar-refractivity contribution in [1.82, 2.24) is 14.9 Å². The van der Waals surface area contributed by atoms with Gasteiger partial charge in [-0.1, -0.05) is 28.1 Å². The lowest BCUT2D eigenvalue weighted by atomic mass is 10.1. The number of hydrogen-bond acceptors (Lipinski definition) is 2. The average molecular weight is 370 g/mol. The van der Waals surface area contributed by atoms with Crippen molar-refractivity contribution >= 4 is 21.8 Å². The number of amides is 1. The van der Waals surface area contributed by atoms with Crippen molar-refractivity contribution < 1.29 is 4.79 Å². The molecule has 1 amide bonds. The number of rotatable bonds is 4. The maximum absolute atomic E-state index is 12.4. The maximum atomic E-state index is 12.4. The van der Waals surface area contributed by atoms with Gasteiger partial charge in [0.2, 0.25) is 0 Å². The van der Waals surface area contributed by atoms with Gasteiger partial charge in [-0.2, -0.15) is 0 Å². The summed E-state index contributed by atoms with van der Waals surface area (Å²) in [6, 6.07) is 13.6. The van der Waals surface area contributed by atoms with E-state index in [9.17, 15) is 4.79 Å². The molecule has 23 heavy (non-hydrogen) atoms. The summed E-state index contributed by atoms with van der Waals surface area (Å²) in [4.78, 5) is 16.4. The summed E-state index contributed by atoms with van der Waals surface area (Å²) in [5.41, 5.74) is 3.74. The van der Waals surface area contributed by atoms with Gasteiger partial charge >= 0.3 is 0 Å². The number of halogens is 1. The number of aryl methyl sites for hydroxylation is 1. The lowest BCUT2D eigenvalue weighted by Gasteiger charge is -2.06. The second-order valence-corrected chi connectivity index (χ2v) is 6.19. The number of nitrogens with zero attached hydrogens (tertiary/aromatic N) is 2. The van der Waals surface area contributed by atoms with Gasteiger partial charge in [0, 0.05) is 42.2 Å². The largest absolute Gasteiger partial charge is 0.347 e.